The van der Waals surface area contributed by atoms with Gasteiger partial charge < -0.3 is 15.8 Å². The fourth-order valence-corrected chi connectivity index (χ4v) is 2.23. The van der Waals surface area contributed by atoms with Gasteiger partial charge in [-0.3, -0.25) is 4.90 Å². The summed E-state index contributed by atoms with van der Waals surface area (Å²) in [5.41, 5.74) is 7.64. The summed E-state index contributed by atoms with van der Waals surface area (Å²) in [6, 6.07) is 7.12. The Kier molecular flexibility index (Phi) is 4.53. The summed E-state index contributed by atoms with van der Waals surface area (Å²) in [6.45, 7) is 5.80. The predicted molar refractivity (Wildman–Crippen MR) is 80.8 cm³/mol. The van der Waals surface area contributed by atoms with Crippen LogP contribution in [0.4, 0.5) is 11.4 Å². The number of rotatable bonds is 7. The largest absolute Gasteiger partial charge is 0.494 e. The lowest BCUT2D eigenvalue weighted by atomic mass is 10.2. The standard InChI is InChI=1S/C15H25N3O/c1-4-19-15-8-12(16)7-13(9-15)17-10-11(2)18(3)14-5-6-14/h7-9,11,14,17H,4-6,10,16H2,1-3H3. The third-order valence-corrected chi connectivity index (χ3v) is 3.66. The Hall–Kier alpha value is -1.42. The molecule has 1 aliphatic rings. The molecule has 1 unspecified atom stereocenters. The lowest BCUT2D eigenvalue weighted by Gasteiger charge is -2.25. The zero-order valence-corrected chi connectivity index (χ0v) is 12.1. The molecular formula is C15H25N3O. The van der Waals surface area contributed by atoms with Gasteiger partial charge in [0.05, 0.1) is 6.61 Å². The number of nitrogen functional groups attached to an aromatic ring is 1. The Balaban J connectivity index is 1.90. The molecule has 1 fully saturated rings. The Bertz CT molecular complexity index is 418. The molecule has 0 spiro atoms. The van der Waals surface area contributed by atoms with Gasteiger partial charge in [-0.25, -0.2) is 0 Å². The summed E-state index contributed by atoms with van der Waals surface area (Å²) in [5, 5.41) is 3.45. The van der Waals surface area contributed by atoms with Gasteiger partial charge in [-0.05, 0) is 39.8 Å². The minimum Gasteiger partial charge on any atom is -0.494 e. The maximum atomic E-state index is 5.88. The van der Waals surface area contributed by atoms with Gasteiger partial charge in [-0.1, -0.05) is 0 Å². The van der Waals surface area contributed by atoms with Crippen molar-refractivity contribution in [1.29, 1.82) is 0 Å². The first-order chi connectivity index (χ1) is 9.10. The van der Waals surface area contributed by atoms with Crippen molar-refractivity contribution >= 4 is 11.4 Å². The first kappa shape index (κ1) is 14.0. The van der Waals surface area contributed by atoms with Crippen molar-refractivity contribution < 1.29 is 4.74 Å². The van der Waals surface area contributed by atoms with Gasteiger partial charge in [0, 0.05) is 42.1 Å². The Morgan fingerprint density at radius 2 is 2.16 bits per heavy atom. The van der Waals surface area contributed by atoms with Gasteiger partial charge in [0.2, 0.25) is 0 Å². The summed E-state index contributed by atoms with van der Waals surface area (Å²) in [6.07, 6.45) is 2.68. The second-order valence-electron chi connectivity index (χ2n) is 5.35. The van der Waals surface area contributed by atoms with E-state index < -0.39 is 0 Å². The third-order valence-electron chi connectivity index (χ3n) is 3.66. The molecule has 1 aromatic carbocycles. The molecular weight excluding hydrogens is 238 g/mol. The first-order valence-corrected chi connectivity index (χ1v) is 7.09. The van der Waals surface area contributed by atoms with E-state index in [1.54, 1.807) is 0 Å². The highest BCUT2D eigenvalue weighted by Gasteiger charge is 2.28. The molecule has 0 amide bonds. The third kappa shape index (κ3) is 4.03. The van der Waals surface area contributed by atoms with E-state index in [1.807, 2.05) is 25.1 Å². The molecule has 19 heavy (non-hydrogen) atoms. The Morgan fingerprint density at radius 1 is 1.42 bits per heavy atom. The van der Waals surface area contributed by atoms with Crippen molar-refractivity contribution in [2.45, 2.75) is 38.8 Å². The van der Waals surface area contributed by atoms with Crippen LogP contribution in [0.5, 0.6) is 5.75 Å². The van der Waals surface area contributed by atoms with E-state index in [9.17, 15) is 0 Å². The van der Waals surface area contributed by atoms with Gasteiger partial charge in [-0.2, -0.15) is 0 Å². The number of likely N-dealkylation sites (N-methyl/N-ethyl adjacent to an activating group) is 1. The highest BCUT2D eigenvalue weighted by atomic mass is 16.5. The number of nitrogens with zero attached hydrogens (tertiary/aromatic N) is 1. The fourth-order valence-electron chi connectivity index (χ4n) is 2.23. The number of hydrogen-bond donors (Lipinski definition) is 2. The summed E-state index contributed by atoms with van der Waals surface area (Å²) in [4.78, 5) is 2.45. The minimum absolute atomic E-state index is 0.518. The Morgan fingerprint density at radius 3 is 2.79 bits per heavy atom. The van der Waals surface area contributed by atoms with Crippen LogP contribution in [-0.4, -0.2) is 37.2 Å². The van der Waals surface area contributed by atoms with E-state index in [0.29, 0.717) is 12.6 Å². The molecule has 0 saturated heterocycles. The molecule has 0 aliphatic heterocycles. The first-order valence-electron chi connectivity index (χ1n) is 7.09. The van der Waals surface area contributed by atoms with Crippen LogP contribution in [0.25, 0.3) is 0 Å². The van der Waals surface area contributed by atoms with Gasteiger partial charge >= 0.3 is 0 Å². The Labute approximate surface area is 115 Å². The van der Waals surface area contributed by atoms with Gasteiger partial charge in [-0.15, -0.1) is 0 Å². The summed E-state index contributed by atoms with van der Waals surface area (Å²) < 4.78 is 5.50. The maximum Gasteiger partial charge on any atom is 0.123 e. The van der Waals surface area contributed by atoms with E-state index >= 15 is 0 Å². The highest BCUT2D eigenvalue weighted by Crippen LogP contribution is 2.27. The molecule has 0 radical (unpaired) electrons. The quantitative estimate of drug-likeness (QED) is 0.742. The fraction of sp³-hybridized carbons (Fsp3) is 0.600. The molecule has 1 atom stereocenters. The predicted octanol–water partition coefficient (Wildman–Crippen LogP) is 2.56. The second kappa shape index (κ2) is 6.15. The highest BCUT2D eigenvalue weighted by molar-refractivity contribution is 5.59. The smallest absolute Gasteiger partial charge is 0.123 e. The average molecular weight is 263 g/mol. The van der Waals surface area contributed by atoms with Crippen LogP contribution < -0.4 is 15.8 Å². The average Bonchev–Trinajstić information content (AvgIpc) is 3.19. The number of nitrogens with one attached hydrogen (secondary N) is 1. The zero-order chi connectivity index (χ0) is 13.8. The van der Waals surface area contributed by atoms with E-state index in [4.69, 9.17) is 10.5 Å². The number of anilines is 2. The molecule has 1 saturated carbocycles. The lowest BCUT2D eigenvalue weighted by molar-refractivity contribution is 0.257. The van der Waals surface area contributed by atoms with E-state index in [1.165, 1.54) is 12.8 Å². The van der Waals surface area contributed by atoms with Crippen LogP contribution in [0.3, 0.4) is 0 Å². The van der Waals surface area contributed by atoms with Crippen LogP contribution in [0.1, 0.15) is 26.7 Å². The lowest BCUT2D eigenvalue weighted by Crippen LogP contribution is -2.36. The SMILES string of the molecule is CCOc1cc(N)cc(NCC(C)N(C)C2CC2)c1. The number of hydrogen-bond acceptors (Lipinski definition) is 4. The van der Waals surface area contributed by atoms with Crippen molar-refractivity contribution in [2.24, 2.45) is 0 Å². The van der Waals surface area contributed by atoms with Crippen molar-refractivity contribution in [3.8, 4) is 5.75 Å². The van der Waals surface area contributed by atoms with Crippen molar-refractivity contribution in [3.63, 3.8) is 0 Å². The van der Waals surface area contributed by atoms with Gasteiger partial charge in [0.15, 0.2) is 0 Å². The summed E-state index contributed by atoms with van der Waals surface area (Å²) in [5.74, 6) is 0.827. The monoisotopic (exact) mass is 263 g/mol. The molecule has 0 bridgehead atoms. The molecule has 2 rings (SSSR count). The maximum absolute atomic E-state index is 5.88. The summed E-state index contributed by atoms with van der Waals surface area (Å²) in [7, 11) is 2.20. The molecule has 1 aromatic rings. The van der Waals surface area contributed by atoms with Crippen LogP contribution in [0.2, 0.25) is 0 Å². The van der Waals surface area contributed by atoms with E-state index in [-0.39, 0.29) is 0 Å². The molecule has 106 valence electrons. The van der Waals surface area contributed by atoms with Crippen molar-refractivity contribution in [3.05, 3.63) is 18.2 Å². The topological polar surface area (TPSA) is 50.5 Å². The summed E-state index contributed by atoms with van der Waals surface area (Å²) >= 11 is 0. The molecule has 1 aliphatic carbocycles. The van der Waals surface area contributed by atoms with Crippen molar-refractivity contribution in [2.75, 3.05) is 31.2 Å². The van der Waals surface area contributed by atoms with E-state index in [2.05, 4.69) is 24.2 Å². The second-order valence-corrected chi connectivity index (χ2v) is 5.35. The number of nitrogens with two attached hydrogens (primary N) is 1. The van der Waals surface area contributed by atoms with Gasteiger partial charge in [0.25, 0.3) is 0 Å². The van der Waals surface area contributed by atoms with Gasteiger partial charge in [0.1, 0.15) is 5.75 Å². The van der Waals surface area contributed by atoms with Crippen LogP contribution >= 0.6 is 0 Å². The van der Waals surface area contributed by atoms with Crippen LogP contribution in [0, 0.1) is 0 Å². The van der Waals surface area contributed by atoms with Crippen LogP contribution in [0.15, 0.2) is 18.2 Å². The zero-order valence-electron chi connectivity index (χ0n) is 12.1. The number of benzene rings is 1. The molecule has 3 N–H and O–H groups in total. The molecule has 0 aromatic heterocycles. The normalized spacial score (nSPS) is 16.4. The van der Waals surface area contributed by atoms with Crippen LogP contribution in [-0.2, 0) is 0 Å². The molecule has 4 heteroatoms. The molecule has 0 heterocycles. The van der Waals surface area contributed by atoms with Crippen molar-refractivity contribution in [1.82, 2.24) is 4.90 Å². The minimum atomic E-state index is 0.518. The van der Waals surface area contributed by atoms with E-state index in [0.717, 1.165) is 29.7 Å². The number of ether oxygens (including phenoxy) is 1. The molecule has 4 nitrogen and oxygen atoms in total.